The van der Waals surface area contributed by atoms with Gasteiger partial charge in [0.1, 0.15) is 0 Å². The summed E-state index contributed by atoms with van der Waals surface area (Å²) in [6, 6.07) is 2.14. The third kappa shape index (κ3) is 5.15. The molecule has 0 spiro atoms. The maximum absolute atomic E-state index is 8.36. The van der Waals surface area contributed by atoms with Crippen LogP contribution >= 0.6 is 0 Å². The molecule has 0 aromatic carbocycles. The summed E-state index contributed by atoms with van der Waals surface area (Å²) in [4.78, 5) is 0. The number of hydrogen-bond acceptors (Lipinski definition) is 3. The van der Waals surface area contributed by atoms with Gasteiger partial charge in [0, 0.05) is 18.6 Å². The van der Waals surface area contributed by atoms with Crippen LogP contribution in [0.2, 0.25) is 0 Å². The highest BCUT2D eigenvalue weighted by Gasteiger charge is 2.27. The van der Waals surface area contributed by atoms with Gasteiger partial charge in [-0.2, -0.15) is 5.26 Å². The Balaban J connectivity index is 2.01. The van der Waals surface area contributed by atoms with Gasteiger partial charge in [0.15, 0.2) is 0 Å². The average Bonchev–Trinajstić information content (AvgIpc) is 2.24. The van der Waals surface area contributed by atoms with E-state index in [1.807, 2.05) is 0 Å². The van der Waals surface area contributed by atoms with E-state index in [1.54, 1.807) is 0 Å². The quantitative estimate of drug-likeness (QED) is 0.685. The van der Waals surface area contributed by atoms with Crippen LogP contribution in [0.5, 0.6) is 0 Å². The first-order valence-electron chi connectivity index (χ1n) is 6.00. The zero-order valence-corrected chi connectivity index (χ0v) is 9.50. The van der Waals surface area contributed by atoms with Gasteiger partial charge in [-0.05, 0) is 25.7 Å². The van der Waals surface area contributed by atoms with Crippen LogP contribution in [0.1, 0.15) is 51.4 Å². The lowest BCUT2D eigenvalue weighted by Gasteiger charge is -2.33. The number of hydrogen-bond donors (Lipinski definition) is 1. The average molecular weight is 210 g/mol. The van der Waals surface area contributed by atoms with Crippen molar-refractivity contribution in [2.45, 2.75) is 56.9 Å². The van der Waals surface area contributed by atoms with Crippen molar-refractivity contribution >= 4 is 0 Å². The van der Waals surface area contributed by atoms with Crippen molar-refractivity contribution in [3.63, 3.8) is 0 Å². The largest absolute Gasteiger partial charge is 0.380 e. The maximum Gasteiger partial charge on any atom is 0.0646 e. The van der Waals surface area contributed by atoms with Crippen molar-refractivity contribution < 1.29 is 4.74 Å². The van der Waals surface area contributed by atoms with E-state index in [0.29, 0.717) is 13.0 Å². The van der Waals surface area contributed by atoms with E-state index in [1.165, 1.54) is 19.3 Å². The molecule has 0 radical (unpaired) electrons. The van der Waals surface area contributed by atoms with E-state index < -0.39 is 0 Å². The number of nitrogens with two attached hydrogens (primary N) is 1. The molecule has 1 aliphatic carbocycles. The second-order valence-electron chi connectivity index (χ2n) is 4.59. The highest BCUT2D eigenvalue weighted by molar-refractivity contribution is 4.86. The van der Waals surface area contributed by atoms with Gasteiger partial charge >= 0.3 is 0 Å². The number of nitrogens with zero attached hydrogens (tertiary/aromatic N) is 1. The Morgan fingerprint density at radius 2 is 1.93 bits per heavy atom. The number of rotatable bonds is 6. The van der Waals surface area contributed by atoms with Crippen LogP contribution in [0, 0.1) is 11.3 Å². The Labute approximate surface area is 92.6 Å². The predicted molar refractivity (Wildman–Crippen MR) is 60.3 cm³/mol. The molecule has 0 aliphatic heterocycles. The first kappa shape index (κ1) is 12.5. The van der Waals surface area contributed by atoms with Gasteiger partial charge < -0.3 is 10.5 Å². The maximum atomic E-state index is 8.36. The normalized spacial score (nSPS) is 19.7. The Morgan fingerprint density at radius 1 is 1.20 bits per heavy atom. The first-order chi connectivity index (χ1) is 7.27. The van der Waals surface area contributed by atoms with E-state index >= 15 is 0 Å². The van der Waals surface area contributed by atoms with Crippen molar-refractivity contribution in [1.29, 1.82) is 5.26 Å². The second kappa shape index (κ2) is 6.81. The van der Waals surface area contributed by atoms with Crippen LogP contribution in [0.4, 0.5) is 0 Å². The smallest absolute Gasteiger partial charge is 0.0646 e. The molecule has 3 heteroatoms. The molecule has 1 rings (SSSR count). The van der Waals surface area contributed by atoms with Gasteiger partial charge in [-0.3, -0.25) is 0 Å². The molecule has 0 aromatic heterocycles. The van der Waals surface area contributed by atoms with E-state index in [0.717, 1.165) is 32.3 Å². The molecular formula is C12H22N2O. The molecule has 3 nitrogen and oxygen atoms in total. The molecule has 86 valence electrons. The molecule has 1 aliphatic rings. The highest BCUT2D eigenvalue weighted by atomic mass is 16.5. The Bertz CT molecular complexity index is 204. The van der Waals surface area contributed by atoms with Crippen LogP contribution in [0.3, 0.4) is 0 Å². The third-order valence-electron chi connectivity index (χ3n) is 3.07. The topological polar surface area (TPSA) is 59.0 Å². The lowest BCUT2D eigenvalue weighted by Crippen LogP contribution is -2.46. The molecule has 0 unspecified atom stereocenters. The van der Waals surface area contributed by atoms with Crippen LogP contribution in [0.15, 0.2) is 0 Å². The molecule has 0 bridgehead atoms. The number of nitriles is 1. The van der Waals surface area contributed by atoms with Gasteiger partial charge in [-0.15, -0.1) is 0 Å². The molecule has 0 atom stereocenters. The monoisotopic (exact) mass is 210 g/mol. The fraction of sp³-hybridized carbons (Fsp3) is 0.917. The molecule has 0 saturated heterocycles. The molecule has 1 fully saturated rings. The zero-order valence-electron chi connectivity index (χ0n) is 9.50. The fourth-order valence-corrected chi connectivity index (χ4v) is 2.08. The van der Waals surface area contributed by atoms with Gasteiger partial charge in [-0.1, -0.05) is 19.3 Å². The second-order valence-corrected chi connectivity index (χ2v) is 4.59. The van der Waals surface area contributed by atoms with Crippen LogP contribution in [-0.4, -0.2) is 18.8 Å². The first-order valence-corrected chi connectivity index (χ1v) is 6.00. The summed E-state index contributed by atoms with van der Waals surface area (Å²) in [7, 11) is 0. The summed E-state index contributed by atoms with van der Waals surface area (Å²) in [6.45, 7) is 1.44. The van der Waals surface area contributed by atoms with E-state index in [-0.39, 0.29) is 5.54 Å². The van der Waals surface area contributed by atoms with Gasteiger partial charge in [-0.25, -0.2) is 0 Å². The van der Waals surface area contributed by atoms with E-state index in [2.05, 4.69) is 6.07 Å². The Morgan fingerprint density at radius 3 is 2.60 bits per heavy atom. The lowest BCUT2D eigenvalue weighted by atomic mass is 9.83. The zero-order chi connectivity index (χ0) is 11.0. The van der Waals surface area contributed by atoms with Crippen molar-refractivity contribution in [3.8, 4) is 6.07 Å². The summed E-state index contributed by atoms with van der Waals surface area (Å²) in [5, 5.41) is 8.36. The minimum atomic E-state index is -0.0620. The molecule has 2 N–H and O–H groups in total. The molecule has 0 amide bonds. The molecule has 0 heterocycles. The summed E-state index contributed by atoms with van der Waals surface area (Å²) < 4.78 is 5.59. The van der Waals surface area contributed by atoms with Gasteiger partial charge in [0.25, 0.3) is 0 Å². The van der Waals surface area contributed by atoms with E-state index in [4.69, 9.17) is 15.7 Å². The van der Waals surface area contributed by atoms with Crippen molar-refractivity contribution in [2.24, 2.45) is 5.73 Å². The summed E-state index contributed by atoms with van der Waals surface area (Å²) >= 11 is 0. The number of unbranched alkanes of at least 4 members (excludes halogenated alkanes) is 2. The van der Waals surface area contributed by atoms with Crippen LogP contribution in [-0.2, 0) is 4.74 Å². The minimum absolute atomic E-state index is 0.0620. The van der Waals surface area contributed by atoms with Crippen molar-refractivity contribution in [2.75, 3.05) is 13.2 Å². The molecular weight excluding hydrogens is 188 g/mol. The summed E-state index contributed by atoms with van der Waals surface area (Å²) in [5.41, 5.74) is 6.16. The van der Waals surface area contributed by atoms with E-state index in [9.17, 15) is 0 Å². The van der Waals surface area contributed by atoms with Gasteiger partial charge in [0.2, 0.25) is 0 Å². The predicted octanol–water partition coefficient (Wildman–Crippen LogP) is 2.36. The molecule has 1 saturated carbocycles. The van der Waals surface area contributed by atoms with Crippen LogP contribution < -0.4 is 5.73 Å². The fourth-order valence-electron chi connectivity index (χ4n) is 2.08. The molecule has 15 heavy (non-hydrogen) atoms. The summed E-state index contributed by atoms with van der Waals surface area (Å²) in [5.74, 6) is 0. The highest BCUT2D eigenvalue weighted by Crippen LogP contribution is 2.25. The summed E-state index contributed by atoms with van der Waals surface area (Å²) in [6.07, 6.45) is 8.56. The standard InChI is InChI=1S/C12H22N2O/c13-9-5-2-6-10-15-11-12(14)7-3-1-4-8-12/h1-8,10-11,14H2. The van der Waals surface area contributed by atoms with Crippen LogP contribution in [0.25, 0.3) is 0 Å². The number of ether oxygens (including phenoxy) is 1. The van der Waals surface area contributed by atoms with Crippen molar-refractivity contribution in [1.82, 2.24) is 0 Å². The van der Waals surface area contributed by atoms with Gasteiger partial charge in [0.05, 0.1) is 12.7 Å². The third-order valence-corrected chi connectivity index (χ3v) is 3.07. The SMILES string of the molecule is N#CCCCCOCC1(N)CCCCC1. The Kier molecular flexibility index (Phi) is 5.67. The Hall–Kier alpha value is -0.590. The van der Waals surface area contributed by atoms with Crippen molar-refractivity contribution in [3.05, 3.63) is 0 Å². The molecule has 0 aromatic rings. The minimum Gasteiger partial charge on any atom is -0.380 e. The lowest BCUT2D eigenvalue weighted by molar-refractivity contribution is 0.0659.